The first-order valence-electron chi connectivity index (χ1n) is 6.65. The summed E-state index contributed by atoms with van der Waals surface area (Å²) in [6.45, 7) is 3.77. The zero-order valence-electron chi connectivity index (χ0n) is 11.4. The zero-order valence-corrected chi connectivity index (χ0v) is 11.4. The van der Waals surface area contributed by atoms with Gasteiger partial charge in [-0.3, -0.25) is 10.1 Å². The molecule has 1 saturated heterocycles. The van der Waals surface area contributed by atoms with Crippen molar-refractivity contribution in [3.8, 4) is 0 Å². The lowest BCUT2D eigenvalue weighted by atomic mass is 10.0. The van der Waals surface area contributed by atoms with Gasteiger partial charge >= 0.3 is 0 Å². The van der Waals surface area contributed by atoms with E-state index in [1.54, 1.807) is 6.07 Å². The average Bonchev–Trinajstić information content (AvgIpc) is 2.40. The Labute approximate surface area is 113 Å². The van der Waals surface area contributed by atoms with E-state index in [-0.39, 0.29) is 5.69 Å². The summed E-state index contributed by atoms with van der Waals surface area (Å²) in [6.07, 6.45) is 4.87. The maximum Gasteiger partial charge on any atom is 0.287 e. The topological polar surface area (TPSA) is 71.3 Å². The molecule has 1 N–H and O–H groups in total. The quantitative estimate of drug-likeness (QED) is 0.664. The standard InChI is InChI=1S/C13H20N4O2/c1-10-7-12(17(18)19)9-15-13(10)16-6-4-3-5-11(16)8-14-2/h7,9,11,14H,3-6,8H2,1-2H3. The Morgan fingerprint density at radius 2 is 2.37 bits per heavy atom. The molecular formula is C13H20N4O2. The number of piperidine rings is 1. The molecule has 1 fully saturated rings. The summed E-state index contributed by atoms with van der Waals surface area (Å²) in [5, 5.41) is 14.0. The van der Waals surface area contributed by atoms with Gasteiger partial charge in [0.1, 0.15) is 12.0 Å². The smallest absolute Gasteiger partial charge is 0.287 e. The monoisotopic (exact) mass is 264 g/mol. The molecule has 0 aromatic carbocycles. The minimum atomic E-state index is -0.398. The normalized spacial score (nSPS) is 19.5. The van der Waals surface area contributed by atoms with Crippen molar-refractivity contribution < 1.29 is 4.92 Å². The lowest BCUT2D eigenvalue weighted by molar-refractivity contribution is -0.385. The fourth-order valence-electron chi connectivity index (χ4n) is 2.68. The minimum Gasteiger partial charge on any atom is -0.352 e. The third kappa shape index (κ3) is 3.01. The molecule has 1 atom stereocenters. The summed E-state index contributed by atoms with van der Waals surface area (Å²) in [7, 11) is 1.95. The highest BCUT2D eigenvalue weighted by atomic mass is 16.6. The van der Waals surface area contributed by atoms with Gasteiger partial charge in [0.25, 0.3) is 5.69 Å². The van der Waals surface area contributed by atoms with E-state index >= 15 is 0 Å². The summed E-state index contributed by atoms with van der Waals surface area (Å²) in [6, 6.07) is 2.03. The number of nitro groups is 1. The van der Waals surface area contributed by atoms with Gasteiger partial charge in [-0.2, -0.15) is 0 Å². The highest BCUT2D eigenvalue weighted by molar-refractivity contribution is 5.51. The first-order chi connectivity index (χ1) is 9.13. The van der Waals surface area contributed by atoms with Crippen LogP contribution in [0.2, 0.25) is 0 Å². The highest BCUT2D eigenvalue weighted by Gasteiger charge is 2.24. The van der Waals surface area contributed by atoms with Crippen LogP contribution < -0.4 is 10.2 Å². The number of nitrogens with one attached hydrogen (secondary N) is 1. The molecule has 0 saturated carbocycles. The Kier molecular flexibility index (Phi) is 4.31. The summed E-state index contributed by atoms with van der Waals surface area (Å²) in [4.78, 5) is 16.9. The molecule has 1 aromatic heterocycles. The first-order valence-corrected chi connectivity index (χ1v) is 6.65. The number of hydrogen-bond acceptors (Lipinski definition) is 5. The van der Waals surface area contributed by atoms with Gasteiger partial charge < -0.3 is 10.2 Å². The lowest BCUT2D eigenvalue weighted by Crippen LogP contribution is -2.45. The fraction of sp³-hybridized carbons (Fsp3) is 0.615. The number of pyridine rings is 1. The maximum atomic E-state index is 10.7. The van der Waals surface area contributed by atoms with Gasteiger partial charge in [0.05, 0.1) is 4.92 Å². The van der Waals surface area contributed by atoms with E-state index < -0.39 is 4.92 Å². The van der Waals surface area contributed by atoms with Crippen LogP contribution in [-0.2, 0) is 0 Å². The molecule has 1 aliphatic rings. The summed E-state index contributed by atoms with van der Waals surface area (Å²) in [5.41, 5.74) is 0.931. The Morgan fingerprint density at radius 3 is 3.00 bits per heavy atom. The number of hydrogen-bond donors (Lipinski definition) is 1. The Bertz CT molecular complexity index is 462. The minimum absolute atomic E-state index is 0.0587. The number of aromatic nitrogens is 1. The molecule has 0 bridgehead atoms. The van der Waals surface area contributed by atoms with Crippen LogP contribution >= 0.6 is 0 Å². The van der Waals surface area contributed by atoms with Crippen molar-refractivity contribution in [1.29, 1.82) is 0 Å². The third-order valence-corrected chi connectivity index (χ3v) is 3.59. The average molecular weight is 264 g/mol. The van der Waals surface area contributed by atoms with E-state index in [9.17, 15) is 10.1 Å². The van der Waals surface area contributed by atoms with E-state index in [2.05, 4.69) is 15.2 Å². The van der Waals surface area contributed by atoms with Gasteiger partial charge in [0, 0.05) is 25.2 Å². The maximum absolute atomic E-state index is 10.7. The molecule has 0 aliphatic carbocycles. The Balaban J connectivity index is 2.26. The molecule has 1 unspecified atom stereocenters. The number of rotatable bonds is 4. The molecule has 0 radical (unpaired) electrons. The molecule has 0 spiro atoms. The first kappa shape index (κ1) is 13.7. The summed E-state index contributed by atoms with van der Waals surface area (Å²) in [5.74, 6) is 0.880. The molecule has 1 aliphatic heterocycles. The number of aryl methyl sites for hydroxylation is 1. The van der Waals surface area contributed by atoms with E-state index in [0.29, 0.717) is 6.04 Å². The largest absolute Gasteiger partial charge is 0.352 e. The van der Waals surface area contributed by atoms with Crippen LogP contribution in [0.3, 0.4) is 0 Å². The Hall–Kier alpha value is -1.69. The predicted molar refractivity (Wildman–Crippen MR) is 74.5 cm³/mol. The van der Waals surface area contributed by atoms with Crippen LogP contribution in [0, 0.1) is 17.0 Å². The van der Waals surface area contributed by atoms with E-state index in [1.165, 1.54) is 12.6 Å². The molecule has 104 valence electrons. The fourth-order valence-corrected chi connectivity index (χ4v) is 2.68. The van der Waals surface area contributed by atoms with Crippen LogP contribution in [0.15, 0.2) is 12.3 Å². The molecule has 6 heteroatoms. The second-order valence-corrected chi connectivity index (χ2v) is 4.99. The van der Waals surface area contributed by atoms with Gasteiger partial charge in [0.2, 0.25) is 0 Å². The van der Waals surface area contributed by atoms with Crippen molar-refractivity contribution in [1.82, 2.24) is 10.3 Å². The Morgan fingerprint density at radius 1 is 1.58 bits per heavy atom. The van der Waals surface area contributed by atoms with Crippen LogP contribution in [0.1, 0.15) is 24.8 Å². The van der Waals surface area contributed by atoms with Crippen molar-refractivity contribution in [3.63, 3.8) is 0 Å². The SMILES string of the molecule is CNCC1CCCCN1c1ncc([N+](=O)[O-])cc1C. The van der Waals surface area contributed by atoms with Crippen LogP contribution in [0.25, 0.3) is 0 Å². The van der Waals surface area contributed by atoms with E-state index in [4.69, 9.17) is 0 Å². The highest BCUT2D eigenvalue weighted by Crippen LogP contribution is 2.27. The van der Waals surface area contributed by atoms with Gasteiger partial charge in [-0.25, -0.2) is 4.98 Å². The molecule has 2 rings (SSSR count). The number of nitrogens with zero attached hydrogens (tertiary/aromatic N) is 3. The second kappa shape index (κ2) is 5.97. The number of likely N-dealkylation sites (N-methyl/N-ethyl adjacent to an activating group) is 1. The van der Waals surface area contributed by atoms with Crippen LogP contribution in [-0.4, -0.2) is 36.1 Å². The van der Waals surface area contributed by atoms with Gasteiger partial charge in [-0.15, -0.1) is 0 Å². The van der Waals surface area contributed by atoms with Crippen molar-refractivity contribution >= 4 is 11.5 Å². The third-order valence-electron chi connectivity index (χ3n) is 3.59. The van der Waals surface area contributed by atoms with E-state index in [0.717, 1.165) is 37.3 Å². The molecule has 6 nitrogen and oxygen atoms in total. The van der Waals surface area contributed by atoms with Crippen LogP contribution in [0.4, 0.5) is 11.5 Å². The van der Waals surface area contributed by atoms with Crippen LogP contribution in [0.5, 0.6) is 0 Å². The van der Waals surface area contributed by atoms with Crippen molar-refractivity contribution in [2.24, 2.45) is 0 Å². The molecular weight excluding hydrogens is 244 g/mol. The zero-order chi connectivity index (χ0) is 13.8. The van der Waals surface area contributed by atoms with Crippen molar-refractivity contribution in [3.05, 3.63) is 27.9 Å². The van der Waals surface area contributed by atoms with Crippen molar-refractivity contribution in [2.75, 3.05) is 25.0 Å². The summed E-state index contributed by atoms with van der Waals surface area (Å²) < 4.78 is 0. The van der Waals surface area contributed by atoms with Gasteiger partial charge in [-0.1, -0.05) is 0 Å². The van der Waals surface area contributed by atoms with E-state index in [1.807, 2.05) is 14.0 Å². The molecule has 1 aromatic rings. The second-order valence-electron chi connectivity index (χ2n) is 4.99. The molecule has 0 amide bonds. The van der Waals surface area contributed by atoms with Gasteiger partial charge in [-0.05, 0) is 38.8 Å². The lowest BCUT2D eigenvalue weighted by Gasteiger charge is -2.37. The predicted octanol–water partition coefficient (Wildman–Crippen LogP) is 1.88. The van der Waals surface area contributed by atoms with Crippen molar-refractivity contribution in [2.45, 2.75) is 32.2 Å². The van der Waals surface area contributed by atoms with Gasteiger partial charge in [0.15, 0.2) is 0 Å². The summed E-state index contributed by atoms with van der Waals surface area (Å²) >= 11 is 0. The molecule has 2 heterocycles. The molecule has 19 heavy (non-hydrogen) atoms. The number of anilines is 1.